The molecule has 0 radical (unpaired) electrons. The fourth-order valence-corrected chi connectivity index (χ4v) is 3.97. The molecule has 0 bridgehead atoms. The van der Waals surface area contributed by atoms with Gasteiger partial charge in [-0.1, -0.05) is 12.8 Å². The maximum Gasteiger partial charge on any atom is 0.244 e. The standard InChI is InChI=1S/C12H18BrN3O2S/c1-8(5-9-3-4-9)16-19(17,18)11-6-10(13)7-15-12(11)14-2/h6-9,16H,3-5H2,1-2H3,(H,14,15). The molecule has 1 heterocycles. The van der Waals surface area contributed by atoms with Crippen molar-refractivity contribution in [2.45, 2.75) is 37.1 Å². The van der Waals surface area contributed by atoms with Gasteiger partial charge < -0.3 is 5.32 Å². The van der Waals surface area contributed by atoms with E-state index < -0.39 is 10.0 Å². The number of rotatable bonds is 6. The summed E-state index contributed by atoms with van der Waals surface area (Å²) < 4.78 is 28.1. The molecule has 106 valence electrons. The topological polar surface area (TPSA) is 71.1 Å². The number of sulfonamides is 1. The first kappa shape index (κ1) is 14.7. The van der Waals surface area contributed by atoms with Gasteiger partial charge in [-0.2, -0.15) is 0 Å². The van der Waals surface area contributed by atoms with E-state index in [-0.39, 0.29) is 10.9 Å². The fourth-order valence-electron chi connectivity index (χ4n) is 2.04. The molecule has 2 N–H and O–H groups in total. The Bertz CT molecular complexity index is 558. The van der Waals surface area contributed by atoms with Crippen LogP contribution in [-0.2, 0) is 10.0 Å². The van der Waals surface area contributed by atoms with Crippen molar-refractivity contribution in [2.24, 2.45) is 5.92 Å². The van der Waals surface area contributed by atoms with Crippen molar-refractivity contribution in [3.05, 3.63) is 16.7 Å². The van der Waals surface area contributed by atoms with Gasteiger partial charge in [0.25, 0.3) is 0 Å². The molecule has 0 spiro atoms. The van der Waals surface area contributed by atoms with Gasteiger partial charge in [0.2, 0.25) is 10.0 Å². The summed E-state index contributed by atoms with van der Waals surface area (Å²) in [7, 11) is -1.89. The van der Waals surface area contributed by atoms with Gasteiger partial charge >= 0.3 is 0 Å². The Kier molecular flexibility index (Phi) is 4.47. The highest BCUT2D eigenvalue weighted by Crippen LogP contribution is 2.33. The van der Waals surface area contributed by atoms with E-state index in [0.29, 0.717) is 16.2 Å². The summed E-state index contributed by atoms with van der Waals surface area (Å²) in [5, 5.41) is 2.80. The van der Waals surface area contributed by atoms with E-state index in [1.54, 1.807) is 19.3 Å². The van der Waals surface area contributed by atoms with Gasteiger partial charge in [0, 0.05) is 23.8 Å². The van der Waals surface area contributed by atoms with Crippen molar-refractivity contribution in [3.8, 4) is 0 Å². The third kappa shape index (κ3) is 3.90. The quantitative estimate of drug-likeness (QED) is 0.828. The Labute approximate surface area is 122 Å². The molecule has 1 aromatic heterocycles. The van der Waals surface area contributed by atoms with Crippen LogP contribution in [0.5, 0.6) is 0 Å². The molecular formula is C12H18BrN3O2S. The number of anilines is 1. The van der Waals surface area contributed by atoms with E-state index in [4.69, 9.17) is 0 Å². The monoisotopic (exact) mass is 347 g/mol. The molecule has 1 aliphatic carbocycles. The van der Waals surface area contributed by atoms with Crippen molar-refractivity contribution >= 4 is 31.8 Å². The van der Waals surface area contributed by atoms with Crippen LogP contribution >= 0.6 is 15.9 Å². The molecule has 2 rings (SSSR count). The summed E-state index contributed by atoms with van der Waals surface area (Å²) in [6, 6.07) is 1.51. The predicted octanol–water partition coefficient (Wildman–Crippen LogP) is 2.35. The summed E-state index contributed by atoms with van der Waals surface area (Å²) in [6.07, 6.45) is 4.90. The van der Waals surface area contributed by atoms with Gasteiger partial charge in [0.05, 0.1) is 0 Å². The van der Waals surface area contributed by atoms with Crippen molar-refractivity contribution in [3.63, 3.8) is 0 Å². The molecule has 0 amide bonds. The summed E-state index contributed by atoms with van der Waals surface area (Å²) in [6.45, 7) is 1.90. The summed E-state index contributed by atoms with van der Waals surface area (Å²) in [5.41, 5.74) is 0. The highest BCUT2D eigenvalue weighted by Gasteiger charge is 2.27. The second-order valence-corrected chi connectivity index (χ2v) is 7.55. The number of nitrogens with one attached hydrogen (secondary N) is 2. The van der Waals surface area contributed by atoms with Gasteiger partial charge in [-0.15, -0.1) is 0 Å². The van der Waals surface area contributed by atoms with E-state index in [9.17, 15) is 8.42 Å². The minimum absolute atomic E-state index is 0.0545. The molecular weight excluding hydrogens is 330 g/mol. The zero-order valence-corrected chi connectivity index (χ0v) is 13.4. The molecule has 0 saturated heterocycles. The fraction of sp³-hybridized carbons (Fsp3) is 0.583. The number of nitrogens with zero attached hydrogens (tertiary/aromatic N) is 1. The van der Waals surface area contributed by atoms with Crippen LogP contribution < -0.4 is 10.0 Å². The zero-order valence-electron chi connectivity index (χ0n) is 11.0. The second-order valence-electron chi connectivity index (χ2n) is 4.95. The third-order valence-electron chi connectivity index (χ3n) is 3.09. The van der Waals surface area contributed by atoms with E-state index in [1.165, 1.54) is 12.8 Å². The second kappa shape index (κ2) is 5.76. The lowest BCUT2D eigenvalue weighted by molar-refractivity contribution is 0.530. The first-order valence-electron chi connectivity index (χ1n) is 6.28. The van der Waals surface area contributed by atoms with E-state index >= 15 is 0 Å². The highest BCUT2D eigenvalue weighted by atomic mass is 79.9. The van der Waals surface area contributed by atoms with Crippen LogP contribution in [0.2, 0.25) is 0 Å². The van der Waals surface area contributed by atoms with E-state index in [0.717, 1.165) is 6.42 Å². The lowest BCUT2D eigenvalue weighted by Gasteiger charge is -2.15. The van der Waals surface area contributed by atoms with Crippen LogP contribution in [0, 0.1) is 5.92 Å². The Balaban J connectivity index is 2.19. The lowest BCUT2D eigenvalue weighted by atomic mass is 10.2. The lowest BCUT2D eigenvalue weighted by Crippen LogP contribution is -2.33. The summed E-state index contributed by atoms with van der Waals surface area (Å²) in [4.78, 5) is 4.24. The minimum Gasteiger partial charge on any atom is -0.372 e. The maximum absolute atomic E-state index is 12.4. The third-order valence-corrected chi connectivity index (χ3v) is 5.12. The van der Waals surface area contributed by atoms with Crippen LogP contribution in [0.3, 0.4) is 0 Å². The Morgan fingerprint density at radius 2 is 2.21 bits per heavy atom. The van der Waals surface area contributed by atoms with Crippen molar-refractivity contribution < 1.29 is 8.42 Å². The molecule has 1 aliphatic rings. The van der Waals surface area contributed by atoms with Crippen molar-refractivity contribution in [1.82, 2.24) is 9.71 Å². The molecule has 1 unspecified atom stereocenters. The number of aromatic nitrogens is 1. The van der Waals surface area contributed by atoms with Gasteiger partial charge in [-0.25, -0.2) is 18.1 Å². The Morgan fingerprint density at radius 1 is 1.53 bits per heavy atom. The number of pyridine rings is 1. The van der Waals surface area contributed by atoms with E-state index in [1.807, 2.05) is 6.92 Å². The zero-order chi connectivity index (χ0) is 14.0. The Hall–Kier alpha value is -0.660. The molecule has 19 heavy (non-hydrogen) atoms. The van der Waals surface area contributed by atoms with Crippen LogP contribution in [-0.4, -0.2) is 26.5 Å². The average Bonchev–Trinajstić information content (AvgIpc) is 3.12. The molecule has 0 aromatic carbocycles. The first-order chi connectivity index (χ1) is 8.92. The first-order valence-corrected chi connectivity index (χ1v) is 8.55. The van der Waals surface area contributed by atoms with Gasteiger partial charge in [0.1, 0.15) is 10.7 Å². The van der Waals surface area contributed by atoms with Crippen LogP contribution in [0.4, 0.5) is 5.82 Å². The van der Waals surface area contributed by atoms with Gasteiger partial charge in [-0.05, 0) is 41.3 Å². The highest BCUT2D eigenvalue weighted by molar-refractivity contribution is 9.10. The van der Waals surface area contributed by atoms with Crippen LogP contribution in [0.1, 0.15) is 26.2 Å². The molecule has 7 heteroatoms. The van der Waals surface area contributed by atoms with Crippen molar-refractivity contribution in [2.75, 3.05) is 12.4 Å². The molecule has 5 nitrogen and oxygen atoms in total. The van der Waals surface area contributed by atoms with Crippen LogP contribution in [0.25, 0.3) is 0 Å². The number of hydrogen-bond donors (Lipinski definition) is 2. The van der Waals surface area contributed by atoms with Crippen LogP contribution in [0.15, 0.2) is 21.6 Å². The average molecular weight is 348 g/mol. The van der Waals surface area contributed by atoms with Gasteiger partial charge in [-0.3, -0.25) is 0 Å². The molecule has 1 atom stereocenters. The normalized spacial score (nSPS) is 17.2. The summed E-state index contributed by atoms with van der Waals surface area (Å²) in [5.74, 6) is 1.04. The van der Waals surface area contributed by atoms with Gasteiger partial charge in [0.15, 0.2) is 0 Å². The summed E-state index contributed by atoms with van der Waals surface area (Å²) >= 11 is 3.25. The number of hydrogen-bond acceptors (Lipinski definition) is 4. The molecule has 1 fully saturated rings. The Morgan fingerprint density at radius 3 is 2.79 bits per heavy atom. The number of halogens is 1. The molecule has 0 aliphatic heterocycles. The van der Waals surface area contributed by atoms with E-state index in [2.05, 4.69) is 31.0 Å². The maximum atomic E-state index is 12.4. The predicted molar refractivity (Wildman–Crippen MR) is 78.6 cm³/mol. The van der Waals surface area contributed by atoms with Crippen molar-refractivity contribution in [1.29, 1.82) is 0 Å². The molecule has 1 aromatic rings. The molecule has 1 saturated carbocycles. The minimum atomic E-state index is -3.55. The SMILES string of the molecule is CNc1ncc(Br)cc1S(=O)(=O)NC(C)CC1CC1. The smallest absolute Gasteiger partial charge is 0.244 e. The largest absolute Gasteiger partial charge is 0.372 e.